The number of esters is 2. The van der Waals surface area contributed by atoms with Crippen molar-refractivity contribution in [3.63, 3.8) is 0 Å². The first-order valence-corrected chi connectivity index (χ1v) is 11.7. The molecule has 0 saturated carbocycles. The lowest BCUT2D eigenvalue weighted by Crippen LogP contribution is -2.55. The van der Waals surface area contributed by atoms with Gasteiger partial charge in [0.1, 0.15) is 0 Å². The summed E-state index contributed by atoms with van der Waals surface area (Å²) < 4.78 is 10.2. The van der Waals surface area contributed by atoms with Gasteiger partial charge in [0.15, 0.2) is 0 Å². The standard InChI is InChI=1S/C25H25ClN2O5/c26-20-8-3-2-7-19(20)18-11-15-27(16-18)14-10-17-6-1-4-9-21(17)28-13-5-12-25(24(28)31)32-22(29)23(30)33-25/h1-4,6-9,18H,5,10-16H2. The second kappa shape index (κ2) is 8.80. The maximum absolute atomic E-state index is 13.2. The molecule has 3 aliphatic rings. The number of anilines is 1. The molecule has 172 valence electrons. The molecule has 3 heterocycles. The van der Waals surface area contributed by atoms with Gasteiger partial charge in [-0.05, 0) is 55.0 Å². The van der Waals surface area contributed by atoms with Gasteiger partial charge in [-0.2, -0.15) is 0 Å². The van der Waals surface area contributed by atoms with E-state index in [0.29, 0.717) is 18.9 Å². The van der Waals surface area contributed by atoms with Gasteiger partial charge in [0.05, 0.1) is 0 Å². The Balaban J connectivity index is 1.28. The zero-order valence-electron chi connectivity index (χ0n) is 18.2. The van der Waals surface area contributed by atoms with E-state index >= 15 is 0 Å². The Kier molecular flexibility index (Phi) is 5.85. The number of hydrogen-bond acceptors (Lipinski definition) is 6. The average Bonchev–Trinajstić information content (AvgIpc) is 3.39. The van der Waals surface area contributed by atoms with Crippen LogP contribution >= 0.6 is 11.6 Å². The number of nitrogens with zero attached hydrogens (tertiary/aromatic N) is 2. The maximum Gasteiger partial charge on any atom is 0.421 e. The Labute approximate surface area is 197 Å². The summed E-state index contributed by atoms with van der Waals surface area (Å²) in [4.78, 5) is 40.5. The number of amides is 1. The third kappa shape index (κ3) is 4.11. The molecule has 0 aromatic heterocycles. The van der Waals surface area contributed by atoms with Crippen molar-refractivity contribution in [3.8, 4) is 0 Å². The molecular formula is C25H25ClN2O5. The average molecular weight is 469 g/mol. The molecule has 0 N–H and O–H groups in total. The number of halogens is 1. The van der Waals surface area contributed by atoms with Crippen LogP contribution in [0.5, 0.6) is 0 Å². The zero-order valence-corrected chi connectivity index (χ0v) is 18.9. The topological polar surface area (TPSA) is 76.2 Å². The smallest absolute Gasteiger partial charge is 0.405 e. The highest BCUT2D eigenvalue weighted by atomic mass is 35.5. The Morgan fingerprint density at radius 1 is 0.970 bits per heavy atom. The maximum atomic E-state index is 13.2. The molecule has 2 aromatic carbocycles. The van der Waals surface area contributed by atoms with Crippen LogP contribution in [0.1, 0.15) is 36.3 Å². The fourth-order valence-electron chi connectivity index (χ4n) is 5.07. The van der Waals surface area contributed by atoms with Crippen molar-refractivity contribution in [3.05, 3.63) is 64.7 Å². The van der Waals surface area contributed by atoms with Crippen molar-refractivity contribution in [1.82, 2.24) is 4.90 Å². The van der Waals surface area contributed by atoms with Crippen LogP contribution < -0.4 is 4.90 Å². The fourth-order valence-corrected chi connectivity index (χ4v) is 5.36. The van der Waals surface area contributed by atoms with Gasteiger partial charge in [-0.1, -0.05) is 48.0 Å². The van der Waals surface area contributed by atoms with Crippen LogP contribution in [0.2, 0.25) is 5.02 Å². The molecule has 1 amide bonds. The Bertz CT molecular complexity index is 1090. The van der Waals surface area contributed by atoms with Gasteiger partial charge >= 0.3 is 23.6 Å². The predicted molar refractivity (Wildman–Crippen MR) is 122 cm³/mol. The molecule has 1 atom stereocenters. The lowest BCUT2D eigenvalue weighted by molar-refractivity contribution is -0.192. The molecule has 0 bridgehead atoms. The minimum atomic E-state index is -1.82. The predicted octanol–water partition coefficient (Wildman–Crippen LogP) is 3.30. The first kappa shape index (κ1) is 21.9. The Hall–Kier alpha value is -2.90. The molecule has 33 heavy (non-hydrogen) atoms. The number of carbonyl (C=O) groups excluding carboxylic acids is 3. The molecule has 0 radical (unpaired) electrons. The molecule has 5 rings (SSSR count). The van der Waals surface area contributed by atoms with Gasteiger partial charge in [0.25, 0.3) is 0 Å². The second-order valence-electron chi connectivity index (χ2n) is 8.78. The third-order valence-corrected chi connectivity index (χ3v) is 7.08. The van der Waals surface area contributed by atoms with Crippen LogP contribution in [-0.2, 0) is 30.3 Å². The highest BCUT2D eigenvalue weighted by Gasteiger charge is 2.58. The van der Waals surface area contributed by atoms with E-state index < -0.39 is 23.6 Å². The largest absolute Gasteiger partial charge is 0.421 e. The van der Waals surface area contributed by atoms with E-state index in [1.807, 2.05) is 42.5 Å². The van der Waals surface area contributed by atoms with Gasteiger partial charge in [0, 0.05) is 36.8 Å². The molecular weight excluding hydrogens is 444 g/mol. The SMILES string of the molecule is O=C1OC2(CCCN(c3ccccc3CCN3CCC(c4ccccc4Cl)C3)C2=O)OC1=O. The summed E-state index contributed by atoms with van der Waals surface area (Å²) in [5.74, 6) is -4.12. The molecule has 2 aromatic rings. The highest BCUT2D eigenvalue weighted by molar-refractivity contribution is 6.32. The first-order chi connectivity index (χ1) is 16.0. The normalized spacial score (nSPS) is 22.6. The molecule has 1 unspecified atom stereocenters. The van der Waals surface area contributed by atoms with E-state index in [4.69, 9.17) is 21.1 Å². The van der Waals surface area contributed by atoms with Crippen molar-refractivity contribution in [2.75, 3.05) is 31.1 Å². The minimum Gasteiger partial charge on any atom is -0.405 e. The van der Waals surface area contributed by atoms with Crippen molar-refractivity contribution in [1.29, 1.82) is 0 Å². The van der Waals surface area contributed by atoms with Crippen LogP contribution in [0.25, 0.3) is 0 Å². The molecule has 1 spiro atoms. The molecule has 7 nitrogen and oxygen atoms in total. The Morgan fingerprint density at radius 3 is 2.48 bits per heavy atom. The Morgan fingerprint density at radius 2 is 1.70 bits per heavy atom. The summed E-state index contributed by atoms with van der Waals surface area (Å²) in [7, 11) is 0. The highest BCUT2D eigenvalue weighted by Crippen LogP contribution is 2.36. The van der Waals surface area contributed by atoms with Crippen LogP contribution in [0.15, 0.2) is 48.5 Å². The van der Waals surface area contributed by atoms with E-state index in [2.05, 4.69) is 11.0 Å². The van der Waals surface area contributed by atoms with Gasteiger partial charge in [0.2, 0.25) is 0 Å². The number of rotatable bonds is 5. The summed E-state index contributed by atoms with van der Waals surface area (Å²) in [5, 5.41) is 0.820. The molecule has 3 fully saturated rings. The monoisotopic (exact) mass is 468 g/mol. The number of hydrogen-bond donors (Lipinski definition) is 0. The van der Waals surface area contributed by atoms with E-state index in [0.717, 1.165) is 48.7 Å². The number of ether oxygens (including phenoxy) is 2. The lowest BCUT2D eigenvalue weighted by atomic mass is 9.98. The molecule has 8 heteroatoms. The summed E-state index contributed by atoms with van der Waals surface area (Å²) in [6.07, 6.45) is 2.57. The van der Waals surface area contributed by atoms with Gasteiger partial charge in [-0.3, -0.25) is 4.79 Å². The van der Waals surface area contributed by atoms with Crippen LogP contribution in [0, 0.1) is 0 Å². The number of benzene rings is 2. The molecule has 3 saturated heterocycles. The number of piperidine rings is 1. The van der Waals surface area contributed by atoms with Crippen molar-refractivity contribution in [2.45, 2.75) is 37.4 Å². The molecule has 3 aliphatic heterocycles. The first-order valence-electron chi connectivity index (χ1n) is 11.3. The lowest BCUT2D eigenvalue weighted by Gasteiger charge is -2.36. The van der Waals surface area contributed by atoms with E-state index in [1.165, 1.54) is 5.56 Å². The summed E-state index contributed by atoms with van der Waals surface area (Å²) >= 11 is 6.40. The van der Waals surface area contributed by atoms with Crippen molar-refractivity contribution < 1.29 is 23.9 Å². The van der Waals surface area contributed by atoms with E-state index in [-0.39, 0.29) is 6.42 Å². The van der Waals surface area contributed by atoms with Crippen molar-refractivity contribution in [2.24, 2.45) is 0 Å². The van der Waals surface area contributed by atoms with Crippen LogP contribution in [-0.4, -0.2) is 54.7 Å². The minimum absolute atomic E-state index is 0.180. The fraction of sp³-hybridized carbons (Fsp3) is 0.400. The zero-order chi connectivity index (χ0) is 23.0. The number of likely N-dealkylation sites (tertiary alicyclic amines) is 1. The number of carbonyl (C=O) groups is 3. The summed E-state index contributed by atoms with van der Waals surface area (Å²) in [5.41, 5.74) is 2.99. The van der Waals surface area contributed by atoms with Crippen LogP contribution in [0.3, 0.4) is 0 Å². The number of para-hydroxylation sites is 1. The second-order valence-corrected chi connectivity index (χ2v) is 9.19. The van der Waals surface area contributed by atoms with E-state index in [1.54, 1.807) is 4.90 Å². The molecule has 0 aliphatic carbocycles. The van der Waals surface area contributed by atoms with Crippen molar-refractivity contribution >= 4 is 35.1 Å². The summed E-state index contributed by atoms with van der Waals surface area (Å²) in [6, 6.07) is 15.8. The van der Waals surface area contributed by atoms with E-state index in [9.17, 15) is 14.4 Å². The summed E-state index contributed by atoms with van der Waals surface area (Å²) in [6.45, 7) is 3.28. The van der Waals surface area contributed by atoms with Gasteiger partial charge in [-0.25, -0.2) is 9.59 Å². The van der Waals surface area contributed by atoms with Gasteiger partial charge in [-0.15, -0.1) is 0 Å². The van der Waals surface area contributed by atoms with Gasteiger partial charge < -0.3 is 19.3 Å². The van der Waals surface area contributed by atoms with Crippen LogP contribution in [0.4, 0.5) is 5.69 Å². The third-order valence-electron chi connectivity index (χ3n) is 6.74. The quantitative estimate of drug-likeness (QED) is 0.495.